The van der Waals surface area contributed by atoms with Crippen LogP contribution < -0.4 is 5.73 Å². The lowest BCUT2D eigenvalue weighted by Gasteiger charge is -2.33. The highest BCUT2D eigenvalue weighted by molar-refractivity contribution is 5.86. The van der Waals surface area contributed by atoms with Gasteiger partial charge in [0.25, 0.3) is 0 Å². The first-order chi connectivity index (χ1) is 15.7. The predicted octanol–water partition coefficient (Wildman–Crippen LogP) is 6.33. The molecule has 1 aliphatic rings. The topological polar surface area (TPSA) is 63.4 Å². The maximum absolute atomic E-state index is 12.3. The van der Waals surface area contributed by atoms with Crippen LogP contribution in [-0.2, 0) is 9.59 Å². The third kappa shape index (κ3) is 13.6. The van der Waals surface area contributed by atoms with Crippen LogP contribution in [0, 0.1) is 0 Å². The van der Waals surface area contributed by atoms with Gasteiger partial charge in [-0.1, -0.05) is 79.8 Å². The van der Waals surface area contributed by atoms with E-state index in [9.17, 15) is 9.59 Å². The Kier molecular flexibility index (Phi) is 16.4. The molecule has 0 aromatic carbocycles. The van der Waals surface area contributed by atoms with Crippen LogP contribution >= 0.6 is 0 Å². The molecule has 1 heterocycles. The van der Waals surface area contributed by atoms with Gasteiger partial charge in [-0.3, -0.25) is 9.59 Å². The normalized spacial score (nSPS) is 17.9. The molecule has 2 N–H and O–H groups in total. The van der Waals surface area contributed by atoms with E-state index in [0.29, 0.717) is 25.8 Å². The number of carbonyl (C=O) groups excluding carboxylic acids is 2. The van der Waals surface area contributed by atoms with E-state index in [2.05, 4.69) is 73.8 Å². The van der Waals surface area contributed by atoms with Crippen molar-refractivity contribution in [3.8, 4) is 0 Å². The van der Waals surface area contributed by atoms with E-state index in [4.69, 9.17) is 5.73 Å². The molecule has 1 rings (SSSR count). The van der Waals surface area contributed by atoms with E-state index in [-0.39, 0.29) is 11.8 Å². The fourth-order valence-corrected chi connectivity index (χ4v) is 3.52. The molecule has 1 saturated heterocycles. The molecular weight excluding hydrogens is 396 g/mol. The summed E-state index contributed by atoms with van der Waals surface area (Å²) in [5, 5.41) is 0. The largest absolute Gasteiger partial charge is 0.368 e. The van der Waals surface area contributed by atoms with Crippen LogP contribution in [0.25, 0.3) is 0 Å². The Bertz CT molecular complexity index is 698. The summed E-state index contributed by atoms with van der Waals surface area (Å²) in [6.45, 7) is 2.80. The minimum Gasteiger partial charge on any atom is -0.368 e. The first-order valence-electron chi connectivity index (χ1n) is 12.2. The van der Waals surface area contributed by atoms with Crippen molar-refractivity contribution in [2.45, 2.75) is 83.6 Å². The number of carbonyl (C=O) groups is 2. The van der Waals surface area contributed by atoms with Crippen molar-refractivity contribution in [1.82, 2.24) is 4.90 Å². The number of likely N-dealkylation sites (tertiary alicyclic amines) is 1. The van der Waals surface area contributed by atoms with Crippen molar-refractivity contribution in [2.75, 3.05) is 6.54 Å². The van der Waals surface area contributed by atoms with Gasteiger partial charge in [0.15, 0.2) is 0 Å². The zero-order chi connectivity index (χ0) is 23.3. The van der Waals surface area contributed by atoms with E-state index < -0.39 is 6.04 Å². The van der Waals surface area contributed by atoms with Gasteiger partial charge in [0.2, 0.25) is 11.8 Å². The number of hydrogen-bond donors (Lipinski definition) is 1. The molecule has 1 unspecified atom stereocenters. The summed E-state index contributed by atoms with van der Waals surface area (Å²) in [4.78, 5) is 25.5. The molecule has 0 spiro atoms. The fourth-order valence-electron chi connectivity index (χ4n) is 3.52. The summed E-state index contributed by atoms with van der Waals surface area (Å²) in [5.74, 6) is -0.347. The summed E-state index contributed by atoms with van der Waals surface area (Å²) < 4.78 is 0. The van der Waals surface area contributed by atoms with Gasteiger partial charge in [-0.15, -0.1) is 0 Å². The van der Waals surface area contributed by atoms with Gasteiger partial charge < -0.3 is 10.6 Å². The summed E-state index contributed by atoms with van der Waals surface area (Å²) in [5.41, 5.74) is 5.43. The summed E-state index contributed by atoms with van der Waals surface area (Å²) >= 11 is 0. The van der Waals surface area contributed by atoms with Crippen LogP contribution in [0.3, 0.4) is 0 Å². The average Bonchev–Trinajstić information content (AvgIpc) is 2.80. The molecule has 0 bridgehead atoms. The molecule has 176 valence electrons. The van der Waals surface area contributed by atoms with Gasteiger partial charge in [0, 0.05) is 13.0 Å². The third-order valence-electron chi connectivity index (χ3n) is 5.27. The molecule has 0 radical (unpaired) electrons. The standard InChI is InChI=1S/C28H42N2O2/c1-2-3-4-5-6-7-8-9-10-11-12-13-14-15-16-17-18-19-20-24-27(31)30-25-22-21-23-26(30)28(29)32/h3-4,6-7,9-10,12-13,15-16,18-19,26H,2,5,8,11,14,17,20-25H2,1H3,(H2,29,32)/b4-3-,7-6-,10-9-,13-12-,16-15-,19-18-. The van der Waals surface area contributed by atoms with Crippen molar-refractivity contribution < 1.29 is 9.59 Å². The second kappa shape index (κ2) is 19.1. The molecular formula is C28H42N2O2. The van der Waals surface area contributed by atoms with Crippen LogP contribution in [0.15, 0.2) is 72.9 Å². The highest BCUT2D eigenvalue weighted by atomic mass is 16.2. The molecule has 4 heteroatoms. The van der Waals surface area contributed by atoms with Crippen molar-refractivity contribution in [1.29, 1.82) is 0 Å². The zero-order valence-corrected chi connectivity index (χ0v) is 19.8. The minimum atomic E-state index is -0.415. The average molecular weight is 439 g/mol. The Balaban J connectivity index is 2.07. The molecule has 1 fully saturated rings. The molecule has 0 aromatic rings. The Morgan fingerprint density at radius 2 is 1.22 bits per heavy atom. The molecule has 4 nitrogen and oxygen atoms in total. The number of nitrogens with two attached hydrogens (primary N) is 1. The minimum absolute atomic E-state index is 0.0352. The Labute approximate surface area is 195 Å². The number of hydrogen-bond acceptors (Lipinski definition) is 2. The second-order valence-corrected chi connectivity index (χ2v) is 7.95. The van der Waals surface area contributed by atoms with Gasteiger partial charge in [-0.25, -0.2) is 0 Å². The summed E-state index contributed by atoms with van der Waals surface area (Å²) in [6, 6.07) is -0.415. The van der Waals surface area contributed by atoms with Crippen LogP contribution in [0.1, 0.15) is 77.6 Å². The molecule has 1 aliphatic heterocycles. The van der Waals surface area contributed by atoms with Crippen LogP contribution in [-0.4, -0.2) is 29.3 Å². The third-order valence-corrected chi connectivity index (χ3v) is 5.27. The van der Waals surface area contributed by atoms with E-state index >= 15 is 0 Å². The number of allylic oxidation sites excluding steroid dienone is 12. The fraction of sp³-hybridized carbons (Fsp3) is 0.500. The van der Waals surface area contributed by atoms with Crippen molar-refractivity contribution in [2.24, 2.45) is 5.73 Å². The molecule has 32 heavy (non-hydrogen) atoms. The van der Waals surface area contributed by atoms with Crippen LogP contribution in [0.4, 0.5) is 0 Å². The molecule has 1 atom stereocenters. The lowest BCUT2D eigenvalue weighted by molar-refractivity contribution is -0.141. The second-order valence-electron chi connectivity index (χ2n) is 7.95. The Morgan fingerprint density at radius 3 is 1.69 bits per heavy atom. The van der Waals surface area contributed by atoms with Crippen molar-refractivity contribution >= 4 is 11.8 Å². The SMILES string of the molecule is CC/C=C\C/C=C\C/C=C\C/C=C\C/C=C\C/C=C\CCC(=O)N1CCCCC1C(N)=O. The van der Waals surface area contributed by atoms with Crippen LogP contribution in [0.5, 0.6) is 0 Å². The highest BCUT2D eigenvalue weighted by Crippen LogP contribution is 2.18. The van der Waals surface area contributed by atoms with Gasteiger partial charge in [0.05, 0.1) is 0 Å². The lowest BCUT2D eigenvalue weighted by Crippen LogP contribution is -2.50. The predicted molar refractivity (Wildman–Crippen MR) is 136 cm³/mol. The molecule has 0 saturated carbocycles. The monoisotopic (exact) mass is 438 g/mol. The van der Waals surface area contributed by atoms with E-state index in [1.54, 1.807) is 4.90 Å². The maximum Gasteiger partial charge on any atom is 0.240 e. The first-order valence-corrected chi connectivity index (χ1v) is 12.2. The lowest BCUT2D eigenvalue weighted by atomic mass is 10.0. The molecule has 0 aromatic heterocycles. The van der Waals surface area contributed by atoms with E-state index in [1.807, 2.05) is 6.08 Å². The summed E-state index contributed by atoms with van der Waals surface area (Å²) in [7, 11) is 0. The van der Waals surface area contributed by atoms with Gasteiger partial charge >= 0.3 is 0 Å². The number of nitrogens with zero attached hydrogens (tertiary/aromatic N) is 1. The number of amides is 2. The number of rotatable bonds is 15. The van der Waals surface area contributed by atoms with Gasteiger partial charge in [-0.2, -0.15) is 0 Å². The Morgan fingerprint density at radius 1 is 0.750 bits per heavy atom. The highest BCUT2D eigenvalue weighted by Gasteiger charge is 2.29. The zero-order valence-electron chi connectivity index (χ0n) is 19.8. The van der Waals surface area contributed by atoms with Gasteiger partial charge in [-0.05, 0) is 64.2 Å². The van der Waals surface area contributed by atoms with Crippen molar-refractivity contribution in [3.63, 3.8) is 0 Å². The Hall–Kier alpha value is -2.62. The number of piperidine rings is 1. The van der Waals surface area contributed by atoms with Crippen molar-refractivity contribution in [3.05, 3.63) is 72.9 Å². The quantitative estimate of drug-likeness (QED) is 0.304. The van der Waals surface area contributed by atoms with Gasteiger partial charge in [0.1, 0.15) is 6.04 Å². The van der Waals surface area contributed by atoms with Crippen LogP contribution in [0.2, 0.25) is 0 Å². The summed E-state index contributed by atoms with van der Waals surface area (Å²) in [6.07, 6.45) is 35.7. The first kappa shape index (κ1) is 27.4. The maximum atomic E-state index is 12.3. The smallest absolute Gasteiger partial charge is 0.240 e. The van der Waals surface area contributed by atoms with E-state index in [0.717, 1.165) is 51.4 Å². The molecule has 0 aliphatic carbocycles. The van der Waals surface area contributed by atoms with E-state index in [1.165, 1.54) is 0 Å². The molecule has 2 amide bonds. The number of primary amides is 1.